The first-order valence-corrected chi connectivity index (χ1v) is 6.93. The van der Waals surface area contributed by atoms with E-state index < -0.39 is 0 Å². The van der Waals surface area contributed by atoms with Crippen LogP contribution in [0.4, 0.5) is 0 Å². The van der Waals surface area contributed by atoms with Crippen LogP contribution >= 0.6 is 11.8 Å². The molecule has 0 amide bonds. The summed E-state index contributed by atoms with van der Waals surface area (Å²) in [5.74, 6) is 2.24. The molecule has 0 aromatic heterocycles. The number of benzene rings is 1. The van der Waals surface area contributed by atoms with E-state index in [0.717, 1.165) is 29.9 Å². The normalized spacial score (nSPS) is 23.6. The highest BCUT2D eigenvalue weighted by atomic mass is 32.2. The molecule has 0 aliphatic carbocycles. The van der Waals surface area contributed by atoms with Crippen molar-refractivity contribution >= 4 is 17.5 Å². The van der Waals surface area contributed by atoms with Gasteiger partial charge in [0.15, 0.2) is 5.78 Å². The van der Waals surface area contributed by atoms with Gasteiger partial charge in [-0.05, 0) is 31.6 Å². The quantitative estimate of drug-likeness (QED) is 0.821. The number of para-hydroxylation sites is 1. The maximum atomic E-state index is 12.3. The van der Waals surface area contributed by atoms with Gasteiger partial charge in [-0.25, -0.2) is 0 Å². The van der Waals surface area contributed by atoms with Crippen LogP contribution in [0.1, 0.15) is 25.3 Å². The van der Waals surface area contributed by atoms with E-state index in [1.165, 1.54) is 0 Å². The van der Waals surface area contributed by atoms with E-state index in [2.05, 4.69) is 6.92 Å². The van der Waals surface area contributed by atoms with Gasteiger partial charge in [-0.3, -0.25) is 4.79 Å². The van der Waals surface area contributed by atoms with E-state index in [0.29, 0.717) is 12.2 Å². The lowest BCUT2D eigenvalue weighted by Gasteiger charge is -2.21. The van der Waals surface area contributed by atoms with Crippen LogP contribution < -0.4 is 4.74 Å². The lowest BCUT2D eigenvalue weighted by Crippen LogP contribution is -2.30. The fourth-order valence-electron chi connectivity index (χ4n) is 2.21. The maximum absolute atomic E-state index is 12.3. The number of rotatable bonds is 4. The standard InChI is InChI=1S/C14H18O2S/c1-14(8-5-9-17-14)13(15)10-11-6-3-4-7-12(11)16-2/h3-4,6-7H,5,8-10H2,1-2H3. The molecule has 1 aromatic carbocycles. The average Bonchev–Trinajstić information content (AvgIpc) is 2.78. The van der Waals surface area contributed by atoms with E-state index >= 15 is 0 Å². The van der Waals surface area contributed by atoms with E-state index in [-0.39, 0.29) is 4.75 Å². The first-order valence-electron chi connectivity index (χ1n) is 5.95. The third kappa shape index (κ3) is 2.65. The molecule has 1 fully saturated rings. The molecule has 2 rings (SSSR count). The average molecular weight is 250 g/mol. The molecule has 1 aliphatic heterocycles. The predicted molar refractivity (Wildman–Crippen MR) is 71.8 cm³/mol. The Morgan fingerprint density at radius 1 is 1.47 bits per heavy atom. The number of ketones is 1. The lowest BCUT2D eigenvalue weighted by atomic mass is 9.94. The Kier molecular flexibility index (Phi) is 3.77. The summed E-state index contributed by atoms with van der Waals surface area (Å²) in [6, 6.07) is 7.76. The minimum Gasteiger partial charge on any atom is -0.496 e. The number of carbonyl (C=O) groups excluding carboxylic acids is 1. The van der Waals surface area contributed by atoms with Gasteiger partial charge in [-0.2, -0.15) is 0 Å². The summed E-state index contributed by atoms with van der Waals surface area (Å²) in [5, 5.41) is 0. The van der Waals surface area contributed by atoms with Crippen molar-refractivity contribution in [3.63, 3.8) is 0 Å². The molecule has 1 aromatic rings. The molecule has 1 heterocycles. The highest BCUT2D eigenvalue weighted by Crippen LogP contribution is 2.39. The minimum absolute atomic E-state index is 0.180. The second kappa shape index (κ2) is 5.13. The van der Waals surface area contributed by atoms with E-state index in [1.54, 1.807) is 18.9 Å². The number of methoxy groups -OCH3 is 1. The van der Waals surface area contributed by atoms with Crippen molar-refractivity contribution in [1.82, 2.24) is 0 Å². The van der Waals surface area contributed by atoms with Gasteiger partial charge in [-0.15, -0.1) is 11.8 Å². The number of Topliss-reactive ketones (excluding diaryl/α,β-unsaturated/α-hetero) is 1. The Labute approximate surface area is 107 Å². The van der Waals surface area contributed by atoms with Crippen molar-refractivity contribution in [2.45, 2.75) is 30.9 Å². The molecular formula is C14H18O2S. The third-order valence-electron chi connectivity index (χ3n) is 3.35. The Hall–Kier alpha value is -0.960. The maximum Gasteiger partial charge on any atom is 0.153 e. The Morgan fingerprint density at radius 2 is 2.24 bits per heavy atom. The molecule has 0 spiro atoms. The molecule has 17 heavy (non-hydrogen) atoms. The van der Waals surface area contributed by atoms with Gasteiger partial charge in [0.25, 0.3) is 0 Å². The molecule has 1 unspecified atom stereocenters. The summed E-state index contributed by atoms with van der Waals surface area (Å²) >= 11 is 1.80. The van der Waals surface area contributed by atoms with Crippen LogP contribution in [0.15, 0.2) is 24.3 Å². The highest BCUT2D eigenvalue weighted by Gasteiger charge is 2.36. The summed E-state index contributed by atoms with van der Waals surface area (Å²) in [6.45, 7) is 2.07. The summed E-state index contributed by atoms with van der Waals surface area (Å²) in [4.78, 5) is 12.3. The van der Waals surface area contributed by atoms with Crippen LogP contribution in [0.5, 0.6) is 5.75 Å². The fourth-order valence-corrected chi connectivity index (χ4v) is 3.47. The van der Waals surface area contributed by atoms with Crippen molar-refractivity contribution in [2.75, 3.05) is 12.9 Å². The van der Waals surface area contributed by atoms with Gasteiger partial charge >= 0.3 is 0 Å². The van der Waals surface area contributed by atoms with Crippen molar-refractivity contribution in [3.8, 4) is 5.75 Å². The van der Waals surface area contributed by atoms with E-state index in [1.807, 2.05) is 24.3 Å². The van der Waals surface area contributed by atoms with Crippen LogP contribution in [0, 0.1) is 0 Å². The topological polar surface area (TPSA) is 26.3 Å². The Bertz CT molecular complexity index is 408. The molecule has 3 heteroatoms. The molecule has 2 nitrogen and oxygen atoms in total. The van der Waals surface area contributed by atoms with Gasteiger partial charge in [-0.1, -0.05) is 18.2 Å². The summed E-state index contributed by atoms with van der Waals surface area (Å²) < 4.78 is 5.10. The van der Waals surface area contributed by atoms with Crippen LogP contribution in [-0.2, 0) is 11.2 Å². The van der Waals surface area contributed by atoms with Gasteiger partial charge in [0.2, 0.25) is 0 Å². The van der Waals surface area contributed by atoms with Crippen LogP contribution in [0.3, 0.4) is 0 Å². The largest absolute Gasteiger partial charge is 0.496 e. The molecule has 0 saturated carbocycles. The van der Waals surface area contributed by atoms with Crippen LogP contribution in [-0.4, -0.2) is 23.4 Å². The molecule has 92 valence electrons. The van der Waals surface area contributed by atoms with Crippen molar-refractivity contribution in [2.24, 2.45) is 0 Å². The Balaban J connectivity index is 2.12. The first kappa shape index (κ1) is 12.5. The first-order chi connectivity index (χ1) is 8.15. The van der Waals surface area contributed by atoms with Gasteiger partial charge in [0.05, 0.1) is 11.9 Å². The van der Waals surface area contributed by atoms with Gasteiger partial charge in [0, 0.05) is 12.0 Å². The molecule has 1 aliphatic rings. The van der Waals surface area contributed by atoms with E-state index in [9.17, 15) is 4.79 Å². The van der Waals surface area contributed by atoms with Gasteiger partial charge in [0.1, 0.15) is 5.75 Å². The zero-order valence-electron chi connectivity index (χ0n) is 10.4. The smallest absolute Gasteiger partial charge is 0.153 e. The molecule has 1 saturated heterocycles. The van der Waals surface area contributed by atoms with Gasteiger partial charge < -0.3 is 4.74 Å². The summed E-state index contributed by atoms with van der Waals surface area (Å²) in [5.41, 5.74) is 0.994. The van der Waals surface area contributed by atoms with Crippen molar-refractivity contribution in [3.05, 3.63) is 29.8 Å². The second-order valence-corrected chi connectivity index (χ2v) is 6.19. The number of hydrogen-bond acceptors (Lipinski definition) is 3. The summed E-state index contributed by atoms with van der Waals surface area (Å²) in [7, 11) is 1.65. The molecule has 0 radical (unpaired) electrons. The van der Waals surface area contributed by atoms with Crippen LogP contribution in [0.2, 0.25) is 0 Å². The molecular weight excluding hydrogens is 232 g/mol. The number of carbonyl (C=O) groups is 1. The summed E-state index contributed by atoms with van der Waals surface area (Å²) in [6.07, 6.45) is 2.64. The van der Waals surface area contributed by atoms with Crippen molar-refractivity contribution in [1.29, 1.82) is 0 Å². The monoisotopic (exact) mass is 250 g/mol. The minimum atomic E-state index is -0.180. The fraction of sp³-hybridized carbons (Fsp3) is 0.500. The number of ether oxygens (including phenoxy) is 1. The van der Waals surface area contributed by atoms with E-state index in [4.69, 9.17) is 4.74 Å². The van der Waals surface area contributed by atoms with Crippen LogP contribution in [0.25, 0.3) is 0 Å². The lowest BCUT2D eigenvalue weighted by molar-refractivity contribution is -0.120. The second-order valence-electron chi connectivity index (χ2n) is 4.59. The zero-order valence-corrected chi connectivity index (χ0v) is 11.2. The Morgan fingerprint density at radius 3 is 2.88 bits per heavy atom. The number of hydrogen-bond donors (Lipinski definition) is 0. The SMILES string of the molecule is COc1ccccc1CC(=O)C1(C)CCCS1. The number of thioether (sulfide) groups is 1. The molecule has 0 N–H and O–H groups in total. The highest BCUT2D eigenvalue weighted by molar-refractivity contribution is 8.01. The zero-order chi connectivity index (χ0) is 12.3. The predicted octanol–water partition coefficient (Wildman–Crippen LogP) is 3.09. The molecule has 0 bridgehead atoms. The third-order valence-corrected chi connectivity index (χ3v) is 4.91. The van der Waals surface area contributed by atoms with Crippen molar-refractivity contribution < 1.29 is 9.53 Å². The molecule has 1 atom stereocenters.